The highest BCUT2D eigenvalue weighted by Crippen LogP contribution is 2.21. The third-order valence-electron chi connectivity index (χ3n) is 2.10. The summed E-state index contributed by atoms with van der Waals surface area (Å²) in [6, 6.07) is 0.433. The minimum Gasteiger partial charge on any atom is -0.396 e. The van der Waals surface area contributed by atoms with Gasteiger partial charge in [-0.25, -0.2) is 0 Å². The Kier molecular flexibility index (Phi) is 5.51. The van der Waals surface area contributed by atoms with Gasteiger partial charge in [0.15, 0.2) is 0 Å². The van der Waals surface area contributed by atoms with Crippen molar-refractivity contribution in [2.24, 2.45) is 5.41 Å². The second kappa shape index (κ2) is 5.55. The Balaban J connectivity index is 3.86. The van der Waals surface area contributed by atoms with Gasteiger partial charge in [0.05, 0.1) is 0 Å². The van der Waals surface area contributed by atoms with Gasteiger partial charge in [0.25, 0.3) is 0 Å². The molecule has 0 fully saturated rings. The van der Waals surface area contributed by atoms with Gasteiger partial charge in [0.2, 0.25) is 0 Å². The molecule has 0 aliphatic heterocycles. The second-order valence-electron chi connectivity index (χ2n) is 4.39. The first-order valence-electron chi connectivity index (χ1n) is 4.86. The maximum atomic E-state index is 8.86. The fourth-order valence-corrected chi connectivity index (χ4v) is 1.29. The molecule has 0 rings (SSSR count). The standard InChI is InChI=1S/C10H23NO/c1-5-7-11-9(6-8-12)10(2,3)4/h9,11-12H,5-8H2,1-4H3. The van der Waals surface area contributed by atoms with Crippen molar-refractivity contribution in [3.63, 3.8) is 0 Å². The number of aliphatic hydroxyl groups is 1. The van der Waals surface area contributed by atoms with Crippen LogP contribution in [0.25, 0.3) is 0 Å². The summed E-state index contributed by atoms with van der Waals surface area (Å²) in [6.07, 6.45) is 2.00. The summed E-state index contributed by atoms with van der Waals surface area (Å²) in [6.45, 7) is 10.1. The van der Waals surface area contributed by atoms with Crippen molar-refractivity contribution in [1.82, 2.24) is 5.32 Å². The number of hydrogen-bond donors (Lipinski definition) is 2. The van der Waals surface area contributed by atoms with Gasteiger partial charge in [-0.2, -0.15) is 0 Å². The van der Waals surface area contributed by atoms with Crippen molar-refractivity contribution in [3.8, 4) is 0 Å². The predicted octanol–water partition coefficient (Wildman–Crippen LogP) is 1.78. The van der Waals surface area contributed by atoms with Crippen LogP contribution in [0.2, 0.25) is 0 Å². The zero-order valence-corrected chi connectivity index (χ0v) is 8.85. The monoisotopic (exact) mass is 173 g/mol. The molecule has 74 valence electrons. The highest BCUT2D eigenvalue weighted by molar-refractivity contribution is 4.79. The van der Waals surface area contributed by atoms with Gasteiger partial charge in [-0.05, 0) is 24.8 Å². The molecule has 0 aromatic carbocycles. The Labute approximate surface area is 76.4 Å². The van der Waals surface area contributed by atoms with E-state index in [2.05, 4.69) is 33.0 Å². The van der Waals surface area contributed by atoms with Gasteiger partial charge < -0.3 is 10.4 Å². The molecule has 2 N–H and O–H groups in total. The Hall–Kier alpha value is -0.0800. The van der Waals surface area contributed by atoms with Crippen LogP contribution in [0.15, 0.2) is 0 Å². The number of nitrogens with one attached hydrogen (secondary N) is 1. The van der Waals surface area contributed by atoms with E-state index in [1.54, 1.807) is 0 Å². The van der Waals surface area contributed by atoms with Crippen LogP contribution in [0.3, 0.4) is 0 Å². The maximum Gasteiger partial charge on any atom is 0.0446 e. The van der Waals surface area contributed by atoms with E-state index in [9.17, 15) is 0 Å². The van der Waals surface area contributed by atoms with Crippen LogP contribution in [0, 0.1) is 5.41 Å². The number of aliphatic hydroxyl groups excluding tert-OH is 1. The molecular weight excluding hydrogens is 150 g/mol. The Morgan fingerprint density at radius 3 is 2.25 bits per heavy atom. The molecule has 2 heteroatoms. The summed E-state index contributed by atoms with van der Waals surface area (Å²) < 4.78 is 0. The molecule has 0 aromatic heterocycles. The maximum absolute atomic E-state index is 8.86. The molecule has 0 aliphatic carbocycles. The first kappa shape index (κ1) is 11.9. The topological polar surface area (TPSA) is 32.3 Å². The van der Waals surface area contributed by atoms with Crippen LogP contribution < -0.4 is 5.32 Å². The Bertz CT molecular complexity index is 107. The summed E-state index contributed by atoms with van der Waals surface area (Å²) >= 11 is 0. The fourth-order valence-electron chi connectivity index (χ4n) is 1.29. The predicted molar refractivity (Wildman–Crippen MR) is 53.2 cm³/mol. The minimum absolute atomic E-state index is 0.248. The molecular formula is C10H23NO. The molecule has 0 spiro atoms. The van der Waals surface area contributed by atoms with E-state index < -0.39 is 0 Å². The van der Waals surface area contributed by atoms with E-state index in [1.165, 1.54) is 0 Å². The van der Waals surface area contributed by atoms with Gasteiger partial charge in [-0.1, -0.05) is 27.7 Å². The molecule has 1 atom stereocenters. The van der Waals surface area contributed by atoms with Gasteiger partial charge in [-0.15, -0.1) is 0 Å². The van der Waals surface area contributed by atoms with E-state index in [1.807, 2.05) is 0 Å². The van der Waals surface area contributed by atoms with E-state index in [4.69, 9.17) is 5.11 Å². The van der Waals surface area contributed by atoms with Gasteiger partial charge >= 0.3 is 0 Å². The molecule has 12 heavy (non-hydrogen) atoms. The summed E-state index contributed by atoms with van der Waals surface area (Å²) in [4.78, 5) is 0. The lowest BCUT2D eigenvalue weighted by atomic mass is 9.85. The van der Waals surface area contributed by atoms with E-state index in [0.717, 1.165) is 19.4 Å². The molecule has 1 unspecified atom stereocenters. The smallest absolute Gasteiger partial charge is 0.0446 e. The molecule has 2 nitrogen and oxygen atoms in total. The average Bonchev–Trinajstić information content (AvgIpc) is 1.95. The van der Waals surface area contributed by atoms with Crippen molar-refractivity contribution < 1.29 is 5.11 Å². The number of hydrogen-bond acceptors (Lipinski definition) is 2. The molecule has 0 saturated carbocycles. The lowest BCUT2D eigenvalue weighted by Gasteiger charge is -2.31. The second-order valence-corrected chi connectivity index (χ2v) is 4.39. The average molecular weight is 173 g/mol. The van der Waals surface area contributed by atoms with E-state index >= 15 is 0 Å². The summed E-state index contributed by atoms with van der Waals surface area (Å²) in [5.74, 6) is 0. The van der Waals surface area contributed by atoms with Crippen LogP contribution >= 0.6 is 0 Å². The molecule has 0 aromatic rings. The normalized spacial score (nSPS) is 14.8. The van der Waals surface area contributed by atoms with E-state index in [0.29, 0.717) is 6.04 Å². The Morgan fingerprint density at radius 2 is 1.92 bits per heavy atom. The first-order chi connectivity index (χ1) is 5.52. The minimum atomic E-state index is 0.248. The zero-order valence-electron chi connectivity index (χ0n) is 8.85. The van der Waals surface area contributed by atoms with Crippen molar-refractivity contribution in [2.75, 3.05) is 13.2 Å². The largest absolute Gasteiger partial charge is 0.396 e. The third kappa shape index (κ3) is 4.73. The summed E-state index contributed by atoms with van der Waals surface area (Å²) in [5.41, 5.74) is 0.248. The van der Waals surface area contributed by atoms with Crippen molar-refractivity contribution >= 4 is 0 Å². The lowest BCUT2D eigenvalue weighted by Crippen LogP contribution is -2.41. The molecule has 0 aliphatic rings. The lowest BCUT2D eigenvalue weighted by molar-refractivity contribution is 0.198. The van der Waals surface area contributed by atoms with Crippen LogP contribution in [-0.4, -0.2) is 24.3 Å². The SMILES string of the molecule is CCCNC(CCO)C(C)(C)C. The quantitative estimate of drug-likeness (QED) is 0.664. The first-order valence-corrected chi connectivity index (χ1v) is 4.86. The van der Waals surface area contributed by atoms with Crippen LogP contribution in [0.1, 0.15) is 40.5 Å². The molecule has 0 radical (unpaired) electrons. The molecule has 0 saturated heterocycles. The third-order valence-corrected chi connectivity index (χ3v) is 2.10. The van der Waals surface area contributed by atoms with E-state index in [-0.39, 0.29) is 12.0 Å². The highest BCUT2D eigenvalue weighted by atomic mass is 16.3. The van der Waals surface area contributed by atoms with Gasteiger partial charge in [0.1, 0.15) is 0 Å². The molecule has 0 heterocycles. The molecule has 0 amide bonds. The van der Waals surface area contributed by atoms with Crippen LogP contribution in [-0.2, 0) is 0 Å². The van der Waals surface area contributed by atoms with Crippen molar-refractivity contribution in [3.05, 3.63) is 0 Å². The summed E-state index contributed by atoms with van der Waals surface area (Å²) in [5, 5.41) is 12.3. The van der Waals surface area contributed by atoms with Gasteiger partial charge in [0, 0.05) is 12.6 Å². The number of rotatable bonds is 5. The fraction of sp³-hybridized carbons (Fsp3) is 1.00. The zero-order chi connectivity index (χ0) is 9.61. The summed E-state index contributed by atoms with van der Waals surface area (Å²) in [7, 11) is 0. The van der Waals surface area contributed by atoms with Crippen molar-refractivity contribution in [1.29, 1.82) is 0 Å². The van der Waals surface area contributed by atoms with Crippen LogP contribution in [0.4, 0.5) is 0 Å². The highest BCUT2D eigenvalue weighted by Gasteiger charge is 2.22. The molecule has 0 bridgehead atoms. The Morgan fingerprint density at radius 1 is 1.33 bits per heavy atom. The van der Waals surface area contributed by atoms with Gasteiger partial charge in [-0.3, -0.25) is 0 Å². The van der Waals surface area contributed by atoms with Crippen molar-refractivity contribution in [2.45, 2.75) is 46.6 Å². The van der Waals surface area contributed by atoms with Crippen LogP contribution in [0.5, 0.6) is 0 Å².